The first kappa shape index (κ1) is 22.2. The lowest BCUT2D eigenvalue weighted by Crippen LogP contribution is -2.10. The molecule has 3 aromatic carbocycles. The third-order valence-electron chi connectivity index (χ3n) is 4.80. The van der Waals surface area contributed by atoms with Gasteiger partial charge in [0.1, 0.15) is 11.3 Å². The second kappa shape index (κ2) is 9.26. The molecular formula is C26H20O6S. The van der Waals surface area contributed by atoms with Gasteiger partial charge in [0.15, 0.2) is 15.6 Å². The summed E-state index contributed by atoms with van der Waals surface area (Å²) >= 11 is 0. The Hall–Kier alpha value is -3.97. The molecule has 0 N–H and O–H groups in total. The van der Waals surface area contributed by atoms with Gasteiger partial charge in [-0.3, -0.25) is 4.79 Å². The van der Waals surface area contributed by atoms with E-state index in [1.807, 2.05) is 18.2 Å². The highest BCUT2D eigenvalue weighted by atomic mass is 32.2. The van der Waals surface area contributed by atoms with E-state index in [0.717, 1.165) is 11.6 Å². The summed E-state index contributed by atoms with van der Waals surface area (Å²) < 4.78 is 34.2. The van der Waals surface area contributed by atoms with E-state index in [0.29, 0.717) is 16.7 Å². The molecule has 4 rings (SSSR count). The average Bonchev–Trinajstić information content (AvgIpc) is 3.22. The Kier molecular flexibility index (Phi) is 6.24. The lowest BCUT2D eigenvalue weighted by Gasteiger charge is -2.08. The van der Waals surface area contributed by atoms with Gasteiger partial charge in [-0.1, -0.05) is 48.5 Å². The monoisotopic (exact) mass is 460 g/mol. The Morgan fingerprint density at radius 2 is 1.70 bits per heavy atom. The molecule has 0 fully saturated rings. The van der Waals surface area contributed by atoms with E-state index < -0.39 is 15.8 Å². The van der Waals surface area contributed by atoms with Crippen LogP contribution in [0.2, 0.25) is 0 Å². The van der Waals surface area contributed by atoms with Crippen LogP contribution in [-0.4, -0.2) is 26.4 Å². The number of ether oxygens (including phenoxy) is 1. The number of hydrogen-bond acceptors (Lipinski definition) is 6. The molecule has 0 saturated carbocycles. The lowest BCUT2D eigenvalue weighted by atomic mass is 10.1. The standard InChI is InChI=1S/C26H20O6S/c1-33(29,30)17-18-7-6-10-21(15-18)26(28)32-23-11-4-2-8-19(23)13-14-22(27)25-16-20-9-3-5-12-24(20)31-25/h2-16H,17H2,1H3/b14-13+. The summed E-state index contributed by atoms with van der Waals surface area (Å²) in [6.45, 7) is 0. The smallest absolute Gasteiger partial charge is 0.343 e. The average molecular weight is 461 g/mol. The van der Waals surface area contributed by atoms with Crippen molar-refractivity contribution in [1.82, 2.24) is 0 Å². The van der Waals surface area contributed by atoms with Crippen molar-refractivity contribution in [3.05, 3.63) is 107 Å². The number of para-hydroxylation sites is 2. The fourth-order valence-electron chi connectivity index (χ4n) is 3.31. The maximum atomic E-state index is 12.7. The molecule has 166 valence electrons. The zero-order valence-corrected chi connectivity index (χ0v) is 18.5. The van der Waals surface area contributed by atoms with Crippen molar-refractivity contribution >= 4 is 38.6 Å². The highest BCUT2D eigenvalue weighted by Gasteiger charge is 2.14. The Bertz CT molecular complexity index is 1440. The topological polar surface area (TPSA) is 90.6 Å². The molecule has 4 aromatic rings. The third-order valence-corrected chi connectivity index (χ3v) is 5.65. The van der Waals surface area contributed by atoms with Crippen LogP contribution < -0.4 is 4.74 Å². The fourth-order valence-corrected chi connectivity index (χ4v) is 4.10. The van der Waals surface area contributed by atoms with Gasteiger partial charge in [0.25, 0.3) is 0 Å². The highest BCUT2D eigenvalue weighted by Crippen LogP contribution is 2.23. The number of hydrogen-bond donors (Lipinski definition) is 0. The molecule has 0 aliphatic heterocycles. The number of benzene rings is 3. The van der Waals surface area contributed by atoms with Crippen LogP contribution in [0.25, 0.3) is 17.0 Å². The zero-order valence-electron chi connectivity index (χ0n) is 17.7. The Morgan fingerprint density at radius 3 is 2.48 bits per heavy atom. The van der Waals surface area contributed by atoms with Gasteiger partial charge in [0.05, 0.1) is 11.3 Å². The molecule has 0 spiro atoms. The lowest BCUT2D eigenvalue weighted by molar-refractivity contribution is 0.0734. The summed E-state index contributed by atoms with van der Waals surface area (Å²) in [4.78, 5) is 25.2. The van der Waals surface area contributed by atoms with Crippen LogP contribution in [-0.2, 0) is 15.6 Å². The molecule has 7 heteroatoms. The van der Waals surface area contributed by atoms with Crippen LogP contribution >= 0.6 is 0 Å². The van der Waals surface area contributed by atoms with Crippen molar-refractivity contribution in [1.29, 1.82) is 0 Å². The summed E-state index contributed by atoms with van der Waals surface area (Å²) in [5.74, 6) is -0.637. The molecule has 0 bridgehead atoms. The Labute approximate surface area is 191 Å². The molecule has 33 heavy (non-hydrogen) atoms. The van der Waals surface area contributed by atoms with Crippen molar-refractivity contribution in [2.45, 2.75) is 5.75 Å². The van der Waals surface area contributed by atoms with Crippen LogP contribution in [0.1, 0.15) is 32.0 Å². The number of allylic oxidation sites excluding steroid dienone is 1. The molecule has 0 unspecified atom stereocenters. The minimum atomic E-state index is -3.23. The molecule has 0 aliphatic carbocycles. The number of furan rings is 1. The first-order valence-corrected chi connectivity index (χ1v) is 12.1. The van der Waals surface area contributed by atoms with Crippen LogP contribution in [0.4, 0.5) is 0 Å². The van der Waals surface area contributed by atoms with Crippen molar-refractivity contribution in [2.24, 2.45) is 0 Å². The summed E-state index contributed by atoms with van der Waals surface area (Å²) in [5.41, 5.74) is 1.88. The van der Waals surface area contributed by atoms with E-state index in [2.05, 4.69) is 0 Å². The molecule has 0 amide bonds. The summed E-state index contributed by atoms with van der Waals surface area (Å²) in [6, 6.07) is 22.1. The van der Waals surface area contributed by atoms with Gasteiger partial charge in [-0.05, 0) is 48.0 Å². The number of carbonyl (C=O) groups excluding carboxylic acids is 2. The Morgan fingerprint density at radius 1 is 0.939 bits per heavy atom. The highest BCUT2D eigenvalue weighted by molar-refractivity contribution is 7.89. The minimum Gasteiger partial charge on any atom is -0.453 e. The van der Waals surface area contributed by atoms with Crippen LogP contribution in [0.5, 0.6) is 5.75 Å². The molecule has 6 nitrogen and oxygen atoms in total. The molecule has 0 aliphatic rings. The van der Waals surface area contributed by atoms with Gasteiger partial charge in [0.2, 0.25) is 5.78 Å². The number of rotatable bonds is 7. The number of esters is 1. The quantitative estimate of drug-likeness (QED) is 0.165. The van der Waals surface area contributed by atoms with E-state index in [1.165, 1.54) is 12.1 Å². The maximum absolute atomic E-state index is 12.7. The van der Waals surface area contributed by atoms with Crippen LogP contribution in [0, 0.1) is 0 Å². The predicted octanol–water partition coefficient (Wildman–Crippen LogP) is 5.09. The predicted molar refractivity (Wildman–Crippen MR) is 126 cm³/mol. The number of sulfone groups is 1. The van der Waals surface area contributed by atoms with E-state index in [1.54, 1.807) is 60.7 Å². The number of ketones is 1. The molecule has 0 saturated heterocycles. The number of carbonyl (C=O) groups is 2. The zero-order chi connectivity index (χ0) is 23.4. The Balaban J connectivity index is 1.52. The van der Waals surface area contributed by atoms with Crippen molar-refractivity contribution in [3.8, 4) is 5.75 Å². The van der Waals surface area contributed by atoms with Crippen LogP contribution in [0.3, 0.4) is 0 Å². The first-order valence-electron chi connectivity index (χ1n) is 10.1. The van der Waals surface area contributed by atoms with Crippen molar-refractivity contribution in [3.63, 3.8) is 0 Å². The van der Waals surface area contributed by atoms with E-state index in [4.69, 9.17) is 9.15 Å². The van der Waals surface area contributed by atoms with Gasteiger partial charge >= 0.3 is 5.97 Å². The minimum absolute atomic E-state index is 0.169. The van der Waals surface area contributed by atoms with Gasteiger partial charge < -0.3 is 9.15 Å². The second-order valence-electron chi connectivity index (χ2n) is 7.54. The van der Waals surface area contributed by atoms with Gasteiger partial charge in [-0.25, -0.2) is 13.2 Å². The largest absolute Gasteiger partial charge is 0.453 e. The van der Waals surface area contributed by atoms with E-state index in [9.17, 15) is 18.0 Å². The maximum Gasteiger partial charge on any atom is 0.343 e. The fraction of sp³-hybridized carbons (Fsp3) is 0.0769. The second-order valence-corrected chi connectivity index (χ2v) is 9.68. The van der Waals surface area contributed by atoms with Gasteiger partial charge in [-0.15, -0.1) is 0 Å². The van der Waals surface area contributed by atoms with Crippen molar-refractivity contribution < 1.29 is 27.2 Å². The van der Waals surface area contributed by atoms with Gasteiger partial charge in [-0.2, -0.15) is 0 Å². The molecular weight excluding hydrogens is 440 g/mol. The molecule has 1 heterocycles. The first-order chi connectivity index (χ1) is 15.8. The summed E-state index contributed by atoms with van der Waals surface area (Å²) in [7, 11) is -3.23. The third kappa shape index (κ3) is 5.64. The molecule has 1 aromatic heterocycles. The number of fused-ring (bicyclic) bond motifs is 1. The van der Waals surface area contributed by atoms with E-state index >= 15 is 0 Å². The SMILES string of the molecule is CS(=O)(=O)Cc1cccc(C(=O)Oc2ccccc2/C=C/C(=O)c2cc3ccccc3o2)c1. The normalized spacial score (nSPS) is 11.7. The summed E-state index contributed by atoms with van der Waals surface area (Å²) in [5, 5.41) is 0.835. The van der Waals surface area contributed by atoms with Crippen LogP contribution in [0.15, 0.2) is 89.4 Å². The summed E-state index contributed by atoms with van der Waals surface area (Å²) in [6.07, 6.45) is 4.04. The molecule has 0 atom stereocenters. The van der Waals surface area contributed by atoms with Crippen molar-refractivity contribution in [2.75, 3.05) is 6.26 Å². The van der Waals surface area contributed by atoms with Gasteiger partial charge in [0, 0.05) is 17.2 Å². The molecule has 0 radical (unpaired) electrons. The van der Waals surface area contributed by atoms with E-state index in [-0.39, 0.29) is 28.6 Å².